The normalized spacial score (nSPS) is 22.0. The van der Waals surface area contributed by atoms with Crippen molar-refractivity contribution < 1.29 is 19.0 Å². The van der Waals surface area contributed by atoms with E-state index in [0.29, 0.717) is 5.71 Å². The Balaban J connectivity index is 1.93. The van der Waals surface area contributed by atoms with Gasteiger partial charge in [0.25, 0.3) is 0 Å². The predicted molar refractivity (Wildman–Crippen MR) is 82.4 cm³/mol. The minimum atomic E-state index is -0.575. The predicted octanol–water partition coefficient (Wildman–Crippen LogP) is 3.33. The second-order valence-electron chi connectivity index (χ2n) is 6.10. The van der Waals surface area contributed by atoms with Gasteiger partial charge in [-0.15, -0.1) is 0 Å². The molecule has 1 aromatic rings. The lowest BCUT2D eigenvalue weighted by atomic mass is 10.1. The van der Waals surface area contributed by atoms with E-state index in [1.165, 1.54) is 0 Å². The molecule has 1 saturated heterocycles. The molecule has 0 bridgehead atoms. The third-order valence-electron chi connectivity index (χ3n) is 2.94. The van der Waals surface area contributed by atoms with Gasteiger partial charge in [-0.25, -0.2) is 10.2 Å². The summed E-state index contributed by atoms with van der Waals surface area (Å²) in [6, 6.07) is 7.64. The highest BCUT2D eigenvalue weighted by atomic mass is 16.9. The van der Waals surface area contributed by atoms with Crippen LogP contribution in [0, 0.1) is 0 Å². The Morgan fingerprint density at radius 1 is 1.23 bits per heavy atom. The average molecular weight is 306 g/mol. The Labute approximate surface area is 130 Å². The average Bonchev–Trinajstić information content (AvgIpc) is 2.40. The van der Waals surface area contributed by atoms with Crippen molar-refractivity contribution in [3.63, 3.8) is 0 Å². The van der Waals surface area contributed by atoms with E-state index < -0.39 is 11.7 Å². The molecule has 0 saturated carbocycles. The van der Waals surface area contributed by atoms with E-state index >= 15 is 0 Å². The Hall–Kier alpha value is -1.92. The first-order valence-electron chi connectivity index (χ1n) is 7.19. The molecule has 1 aliphatic heterocycles. The smallest absolute Gasteiger partial charge is 0.428 e. The summed E-state index contributed by atoms with van der Waals surface area (Å²) in [6.45, 7) is 9.06. The summed E-state index contributed by atoms with van der Waals surface area (Å²) in [7, 11) is 0. The van der Waals surface area contributed by atoms with Gasteiger partial charge in [0.1, 0.15) is 5.60 Å². The lowest BCUT2D eigenvalue weighted by Crippen LogP contribution is -2.31. The van der Waals surface area contributed by atoms with Crippen LogP contribution in [0.25, 0.3) is 0 Å². The van der Waals surface area contributed by atoms with Gasteiger partial charge >= 0.3 is 6.09 Å². The van der Waals surface area contributed by atoms with E-state index in [4.69, 9.17) is 14.2 Å². The molecule has 6 heteroatoms. The third kappa shape index (κ3) is 4.54. The highest BCUT2D eigenvalue weighted by molar-refractivity contribution is 5.99. The first-order valence-corrected chi connectivity index (χ1v) is 7.19. The van der Waals surface area contributed by atoms with Crippen LogP contribution < -0.4 is 5.43 Å². The van der Waals surface area contributed by atoms with Crippen molar-refractivity contribution in [2.75, 3.05) is 0 Å². The number of hydrogen-bond acceptors (Lipinski definition) is 5. The van der Waals surface area contributed by atoms with Crippen LogP contribution in [-0.4, -0.2) is 23.7 Å². The fraction of sp³-hybridized carbons (Fsp3) is 0.500. The molecule has 1 heterocycles. The molecule has 0 atom stereocenters. The zero-order valence-electron chi connectivity index (χ0n) is 13.5. The maximum absolute atomic E-state index is 11.5. The Morgan fingerprint density at radius 2 is 1.82 bits per heavy atom. The first-order chi connectivity index (χ1) is 10.2. The second kappa shape index (κ2) is 6.46. The van der Waals surface area contributed by atoms with Gasteiger partial charge in [0.15, 0.2) is 12.6 Å². The third-order valence-corrected chi connectivity index (χ3v) is 2.94. The lowest BCUT2D eigenvalue weighted by Gasteiger charge is -2.33. The van der Waals surface area contributed by atoms with Crippen molar-refractivity contribution >= 4 is 11.8 Å². The summed E-state index contributed by atoms with van der Waals surface area (Å²) >= 11 is 0. The number of carbonyl (C=O) groups is 1. The van der Waals surface area contributed by atoms with E-state index in [0.717, 1.165) is 11.1 Å². The van der Waals surface area contributed by atoms with Gasteiger partial charge in [-0.05, 0) is 40.2 Å². The maximum atomic E-state index is 11.5. The summed E-state index contributed by atoms with van der Waals surface area (Å²) in [5, 5.41) is 4.03. The van der Waals surface area contributed by atoms with Crippen LogP contribution >= 0.6 is 0 Å². The van der Waals surface area contributed by atoms with Gasteiger partial charge in [0.05, 0.1) is 5.71 Å². The van der Waals surface area contributed by atoms with Crippen molar-refractivity contribution in [1.29, 1.82) is 0 Å². The molecule has 0 aromatic heterocycles. The topological polar surface area (TPSA) is 69.2 Å². The molecule has 2 rings (SSSR count). The van der Waals surface area contributed by atoms with Crippen LogP contribution in [0.1, 0.15) is 52.0 Å². The molecule has 0 unspecified atom stereocenters. The Morgan fingerprint density at radius 3 is 2.32 bits per heavy atom. The highest BCUT2D eigenvalue weighted by Gasteiger charge is 2.28. The minimum Gasteiger partial charge on any atom is -0.443 e. The van der Waals surface area contributed by atoms with E-state index in [-0.39, 0.29) is 12.6 Å². The summed E-state index contributed by atoms with van der Waals surface area (Å²) in [4.78, 5) is 11.5. The number of amides is 1. The van der Waals surface area contributed by atoms with Crippen LogP contribution in [0.15, 0.2) is 29.4 Å². The first kappa shape index (κ1) is 16.5. The van der Waals surface area contributed by atoms with E-state index in [9.17, 15) is 4.79 Å². The van der Waals surface area contributed by atoms with Gasteiger partial charge in [-0.1, -0.05) is 24.3 Å². The standard InChI is InChI=1S/C16H22N2O4/c1-10(17-18-15(19)22-16(3,4)5)12-6-8-13(9-7-12)14-20-11(2)21-14/h6-9,11,14H,1-5H3,(H,18,19)/b17-10+. The fourth-order valence-electron chi connectivity index (χ4n) is 1.89. The van der Waals surface area contributed by atoms with Crippen molar-refractivity contribution in [3.05, 3.63) is 35.4 Å². The Bertz CT molecular complexity index is 555. The number of nitrogens with zero attached hydrogens (tertiary/aromatic N) is 1. The number of ether oxygens (including phenoxy) is 3. The molecular weight excluding hydrogens is 284 g/mol. The number of hydrogen-bond donors (Lipinski definition) is 1. The van der Waals surface area contributed by atoms with Crippen LogP contribution in [0.5, 0.6) is 0 Å². The molecule has 22 heavy (non-hydrogen) atoms. The Kier molecular flexibility index (Phi) is 4.83. The number of rotatable bonds is 3. The molecule has 1 fully saturated rings. The summed E-state index contributed by atoms with van der Waals surface area (Å²) in [5.74, 6) is 0. The molecule has 120 valence electrons. The van der Waals surface area contributed by atoms with Crippen molar-refractivity contribution in [2.45, 2.75) is 52.8 Å². The van der Waals surface area contributed by atoms with Crippen LogP contribution in [0.2, 0.25) is 0 Å². The number of hydrazone groups is 1. The monoisotopic (exact) mass is 306 g/mol. The van der Waals surface area contributed by atoms with Crippen molar-refractivity contribution in [3.8, 4) is 0 Å². The van der Waals surface area contributed by atoms with Crippen LogP contribution in [0.3, 0.4) is 0 Å². The SMILES string of the molecule is C/C(=N\NC(=O)OC(C)(C)C)c1ccc(C2OC(C)O2)cc1. The summed E-state index contributed by atoms with van der Waals surface area (Å²) in [6.07, 6.45) is -1.01. The molecule has 1 N–H and O–H groups in total. The van der Waals surface area contributed by atoms with Gasteiger partial charge in [-0.2, -0.15) is 5.10 Å². The molecular formula is C16H22N2O4. The molecule has 0 radical (unpaired) electrons. The van der Waals surface area contributed by atoms with Gasteiger partial charge in [-0.3, -0.25) is 0 Å². The molecule has 6 nitrogen and oxygen atoms in total. The number of benzene rings is 1. The zero-order valence-corrected chi connectivity index (χ0v) is 13.5. The quantitative estimate of drug-likeness (QED) is 0.687. The lowest BCUT2D eigenvalue weighted by molar-refractivity contribution is -0.382. The highest BCUT2D eigenvalue weighted by Crippen LogP contribution is 2.31. The molecule has 1 amide bonds. The van der Waals surface area contributed by atoms with Crippen molar-refractivity contribution in [2.24, 2.45) is 5.10 Å². The van der Waals surface area contributed by atoms with Gasteiger partial charge in [0.2, 0.25) is 0 Å². The molecule has 1 aliphatic rings. The number of nitrogens with one attached hydrogen (secondary N) is 1. The van der Waals surface area contributed by atoms with Gasteiger partial charge in [0, 0.05) is 5.56 Å². The van der Waals surface area contributed by atoms with E-state index in [1.54, 1.807) is 20.8 Å². The largest absolute Gasteiger partial charge is 0.443 e. The van der Waals surface area contributed by atoms with Gasteiger partial charge < -0.3 is 14.2 Å². The molecule has 1 aromatic carbocycles. The van der Waals surface area contributed by atoms with E-state index in [1.807, 2.05) is 38.1 Å². The second-order valence-corrected chi connectivity index (χ2v) is 6.10. The van der Waals surface area contributed by atoms with Crippen LogP contribution in [0.4, 0.5) is 4.79 Å². The molecule has 0 spiro atoms. The fourth-order valence-corrected chi connectivity index (χ4v) is 1.89. The number of carbonyl (C=O) groups excluding carboxylic acids is 1. The van der Waals surface area contributed by atoms with Crippen LogP contribution in [-0.2, 0) is 14.2 Å². The molecule has 0 aliphatic carbocycles. The summed E-state index contributed by atoms with van der Waals surface area (Å²) < 4.78 is 16.0. The van der Waals surface area contributed by atoms with Crippen molar-refractivity contribution in [1.82, 2.24) is 5.43 Å². The minimum absolute atomic E-state index is 0.147. The zero-order chi connectivity index (χ0) is 16.3. The van der Waals surface area contributed by atoms with E-state index in [2.05, 4.69) is 10.5 Å². The summed E-state index contributed by atoms with van der Waals surface area (Å²) in [5.41, 5.74) is 4.36. The maximum Gasteiger partial charge on any atom is 0.428 e.